The van der Waals surface area contributed by atoms with Crippen molar-refractivity contribution in [1.29, 1.82) is 0 Å². The van der Waals surface area contributed by atoms with Crippen molar-refractivity contribution in [3.63, 3.8) is 0 Å². The van der Waals surface area contributed by atoms with E-state index in [0.29, 0.717) is 18.7 Å². The lowest BCUT2D eigenvalue weighted by atomic mass is 10.0. The van der Waals surface area contributed by atoms with Gasteiger partial charge in [-0.15, -0.1) is 0 Å². The summed E-state index contributed by atoms with van der Waals surface area (Å²) in [6.07, 6.45) is 2.27. The monoisotopic (exact) mass is 395 g/mol. The van der Waals surface area contributed by atoms with E-state index in [-0.39, 0.29) is 30.4 Å². The van der Waals surface area contributed by atoms with Crippen molar-refractivity contribution in [3.8, 4) is 11.3 Å². The summed E-state index contributed by atoms with van der Waals surface area (Å²) in [4.78, 5) is 19.8. The van der Waals surface area contributed by atoms with E-state index >= 15 is 0 Å². The molecule has 1 fully saturated rings. The highest BCUT2D eigenvalue weighted by molar-refractivity contribution is 5.82. The second kappa shape index (κ2) is 7.59. The van der Waals surface area contributed by atoms with E-state index in [2.05, 4.69) is 0 Å². The first-order valence-corrected chi connectivity index (χ1v) is 9.99. The minimum absolute atomic E-state index is 0.0198. The van der Waals surface area contributed by atoms with Gasteiger partial charge in [0, 0.05) is 24.8 Å². The van der Waals surface area contributed by atoms with E-state index in [0.717, 1.165) is 28.2 Å². The quantitative estimate of drug-likeness (QED) is 0.675. The van der Waals surface area contributed by atoms with Gasteiger partial charge in [0.2, 0.25) is 5.91 Å². The van der Waals surface area contributed by atoms with Crippen LogP contribution in [0, 0.1) is 19.7 Å². The van der Waals surface area contributed by atoms with Crippen molar-refractivity contribution in [1.82, 2.24) is 14.3 Å². The van der Waals surface area contributed by atoms with Gasteiger partial charge >= 0.3 is 0 Å². The van der Waals surface area contributed by atoms with E-state index in [9.17, 15) is 9.18 Å². The molecule has 1 aliphatic rings. The minimum Gasteiger partial charge on any atom is -0.372 e. The molecule has 0 spiro atoms. The zero-order valence-electron chi connectivity index (χ0n) is 17.3. The van der Waals surface area contributed by atoms with Crippen molar-refractivity contribution in [2.24, 2.45) is 0 Å². The number of pyridine rings is 1. The van der Waals surface area contributed by atoms with E-state index in [4.69, 9.17) is 9.72 Å². The summed E-state index contributed by atoms with van der Waals surface area (Å²) >= 11 is 0. The molecule has 0 radical (unpaired) electrons. The maximum absolute atomic E-state index is 13.8. The second-order valence-electron chi connectivity index (χ2n) is 8.04. The number of hydrogen-bond donors (Lipinski definition) is 0. The lowest BCUT2D eigenvalue weighted by Crippen LogP contribution is -2.48. The number of benzene rings is 1. The van der Waals surface area contributed by atoms with Gasteiger partial charge in [0.05, 0.1) is 30.0 Å². The van der Waals surface area contributed by atoms with Crippen LogP contribution >= 0.6 is 0 Å². The fourth-order valence-electron chi connectivity index (χ4n) is 4.03. The number of ether oxygens (including phenoxy) is 1. The van der Waals surface area contributed by atoms with E-state index in [1.807, 2.05) is 48.4 Å². The molecule has 2 aromatic heterocycles. The number of halogens is 1. The Morgan fingerprint density at radius 1 is 1.17 bits per heavy atom. The Morgan fingerprint density at radius 3 is 2.59 bits per heavy atom. The average Bonchev–Trinajstić information content (AvgIpc) is 3.01. The molecule has 3 heterocycles. The normalized spacial score (nSPS) is 19.7. The van der Waals surface area contributed by atoms with Crippen LogP contribution in [0.3, 0.4) is 0 Å². The Hall–Kier alpha value is -2.73. The number of aryl methyl sites for hydroxylation is 2. The summed E-state index contributed by atoms with van der Waals surface area (Å²) < 4.78 is 21.5. The summed E-state index contributed by atoms with van der Waals surface area (Å²) in [5.74, 6) is -0.197. The highest BCUT2D eigenvalue weighted by atomic mass is 19.1. The number of hydrogen-bond acceptors (Lipinski definition) is 3. The Bertz CT molecular complexity index is 1070. The molecule has 5 nitrogen and oxygen atoms in total. The van der Waals surface area contributed by atoms with Crippen LogP contribution < -0.4 is 0 Å². The Balaban J connectivity index is 1.76. The smallest absolute Gasteiger partial charge is 0.228 e. The lowest BCUT2D eigenvalue weighted by Gasteiger charge is -2.35. The van der Waals surface area contributed by atoms with Crippen molar-refractivity contribution in [2.45, 2.75) is 46.3 Å². The van der Waals surface area contributed by atoms with Crippen molar-refractivity contribution < 1.29 is 13.9 Å². The van der Waals surface area contributed by atoms with Crippen LogP contribution in [0.1, 0.15) is 30.7 Å². The number of amides is 1. The molecule has 4 rings (SSSR count). The number of carbonyl (C=O) groups excluding carboxylic acids is 1. The molecule has 2 atom stereocenters. The third-order valence-corrected chi connectivity index (χ3v) is 5.39. The molecule has 1 saturated heterocycles. The van der Waals surface area contributed by atoms with Crippen LogP contribution in [0.2, 0.25) is 0 Å². The van der Waals surface area contributed by atoms with E-state index in [1.165, 1.54) is 6.07 Å². The Labute approximate surface area is 170 Å². The third kappa shape index (κ3) is 3.90. The van der Waals surface area contributed by atoms with Crippen LogP contribution in [0.4, 0.5) is 4.39 Å². The van der Waals surface area contributed by atoms with E-state index in [1.54, 1.807) is 19.1 Å². The molecule has 6 heteroatoms. The first-order valence-electron chi connectivity index (χ1n) is 9.99. The predicted molar refractivity (Wildman–Crippen MR) is 110 cm³/mol. The molecule has 1 aliphatic heterocycles. The van der Waals surface area contributed by atoms with Gasteiger partial charge in [-0.05, 0) is 63.1 Å². The molecule has 0 aliphatic carbocycles. The zero-order chi connectivity index (χ0) is 20.7. The van der Waals surface area contributed by atoms with Crippen LogP contribution in [-0.4, -0.2) is 45.5 Å². The zero-order valence-corrected chi connectivity index (χ0v) is 17.3. The SMILES string of the molecule is Cc1ccc2nc(-c3ccc(F)c(C)c3)c(CC(=O)N3CC(C)OC(C)C3)n2c1. The predicted octanol–water partition coefficient (Wildman–Crippen LogP) is 3.94. The van der Waals surface area contributed by atoms with Crippen LogP contribution in [0.15, 0.2) is 36.5 Å². The Morgan fingerprint density at radius 2 is 1.90 bits per heavy atom. The van der Waals surface area contributed by atoms with Gasteiger partial charge in [0.1, 0.15) is 11.5 Å². The molecular weight excluding hydrogens is 369 g/mol. The van der Waals surface area contributed by atoms with Gasteiger partial charge in [-0.3, -0.25) is 4.79 Å². The molecule has 152 valence electrons. The maximum Gasteiger partial charge on any atom is 0.228 e. The number of rotatable bonds is 3. The first kappa shape index (κ1) is 19.6. The third-order valence-electron chi connectivity index (χ3n) is 5.39. The van der Waals surface area contributed by atoms with Crippen molar-refractivity contribution in [2.75, 3.05) is 13.1 Å². The highest BCUT2D eigenvalue weighted by Crippen LogP contribution is 2.27. The second-order valence-corrected chi connectivity index (χ2v) is 8.04. The van der Waals surface area contributed by atoms with Gasteiger partial charge in [-0.1, -0.05) is 6.07 Å². The molecule has 0 N–H and O–H groups in total. The van der Waals surface area contributed by atoms with Crippen LogP contribution in [0.5, 0.6) is 0 Å². The highest BCUT2D eigenvalue weighted by Gasteiger charge is 2.27. The van der Waals surface area contributed by atoms with Gasteiger partial charge in [-0.2, -0.15) is 0 Å². The average molecular weight is 395 g/mol. The maximum atomic E-state index is 13.8. The van der Waals surface area contributed by atoms with Crippen molar-refractivity contribution in [3.05, 3.63) is 59.2 Å². The number of imidazole rings is 1. The summed E-state index contributed by atoms with van der Waals surface area (Å²) in [5, 5.41) is 0. The van der Waals surface area contributed by atoms with Gasteiger partial charge in [0.15, 0.2) is 0 Å². The summed E-state index contributed by atoms with van der Waals surface area (Å²) in [6.45, 7) is 8.90. The van der Waals surface area contributed by atoms with Gasteiger partial charge in [0.25, 0.3) is 0 Å². The number of morpholine rings is 1. The molecule has 3 aromatic rings. The first-order chi connectivity index (χ1) is 13.8. The van der Waals surface area contributed by atoms with Crippen LogP contribution in [0.25, 0.3) is 16.9 Å². The molecule has 0 saturated carbocycles. The van der Waals surface area contributed by atoms with Gasteiger partial charge < -0.3 is 14.0 Å². The lowest BCUT2D eigenvalue weighted by molar-refractivity contribution is -0.142. The molecule has 1 amide bonds. The largest absolute Gasteiger partial charge is 0.372 e. The fraction of sp³-hybridized carbons (Fsp3) is 0.391. The molecular formula is C23H26FN3O2. The number of carbonyl (C=O) groups is 1. The fourth-order valence-corrected chi connectivity index (χ4v) is 4.03. The summed E-state index contributed by atoms with van der Waals surface area (Å²) in [7, 11) is 0. The molecule has 29 heavy (non-hydrogen) atoms. The minimum atomic E-state index is -0.248. The summed E-state index contributed by atoms with van der Waals surface area (Å²) in [5.41, 5.74) is 4.78. The topological polar surface area (TPSA) is 46.8 Å². The standard InChI is InChI=1S/C23H26FN3O2/c1-14-5-8-21-25-23(18-6-7-19(24)15(2)9-18)20(27(21)11-14)10-22(28)26-12-16(3)29-17(4)13-26/h5-9,11,16-17H,10,12-13H2,1-4H3. The number of nitrogens with zero attached hydrogens (tertiary/aromatic N) is 3. The molecule has 1 aromatic carbocycles. The summed E-state index contributed by atoms with van der Waals surface area (Å²) in [6, 6.07) is 8.92. The Kier molecular flexibility index (Phi) is 5.13. The number of aromatic nitrogens is 2. The van der Waals surface area contributed by atoms with E-state index < -0.39 is 0 Å². The molecule has 2 unspecified atom stereocenters. The van der Waals surface area contributed by atoms with Crippen molar-refractivity contribution >= 4 is 11.6 Å². The van der Waals surface area contributed by atoms with Gasteiger partial charge in [-0.25, -0.2) is 9.37 Å². The number of fused-ring (bicyclic) bond motifs is 1. The molecule has 0 bridgehead atoms. The van der Waals surface area contributed by atoms with Crippen LogP contribution in [-0.2, 0) is 16.0 Å².